The molecule has 0 radical (unpaired) electrons. The minimum absolute atomic E-state index is 0.708. The van der Waals surface area contributed by atoms with Gasteiger partial charge in [0.2, 0.25) is 0 Å². The van der Waals surface area contributed by atoms with Crippen molar-refractivity contribution in [2.75, 3.05) is 19.8 Å². The van der Waals surface area contributed by atoms with E-state index in [9.17, 15) is 0 Å². The molecule has 1 aliphatic carbocycles. The molecule has 1 fully saturated rings. The molecule has 0 spiro atoms. The maximum Gasteiger partial charge on any atom is 0.0591 e. The van der Waals surface area contributed by atoms with Gasteiger partial charge in [-0.2, -0.15) is 0 Å². The van der Waals surface area contributed by atoms with Crippen molar-refractivity contribution >= 4 is 0 Å². The van der Waals surface area contributed by atoms with E-state index in [1.807, 2.05) is 6.08 Å². The van der Waals surface area contributed by atoms with E-state index >= 15 is 0 Å². The summed E-state index contributed by atoms with van der Waals surface area (Å²) in [4.78, 5) is 0. The Morgan fingerprint density at radius 2 is 2.12 bits per heavy atom. The van der Waals surface area contributed by atoms with Gasteiger partial charge in [0.05, 0.1) is 13.2 Å². The minimum atomic E-state index is 0.708. The first-order valence-corrected chi connectivity index (χ1v) is 6.66. The highest BCUT2D eigenvalue weighted by Gasteiger charge is 2.24. The van der Waals surface area contributed by atoms with Crippen LogP contribution in [0.4, 0.5) is 0 Å². The molecule has 0 aromatic carbocycles. The zero-order valence-corrected chi connectivity index (χ0v) is 10.9. The summed E-state index contributed by atoms with van der Waals surface area (Å²) >= 11 is 0. The van der Waals surface area contributed by atoms with Crippen LogP contribution in [0.25, 0.3) is 0 Å². The Balaban J connectivity index is 2.02. The molecule has 2 nitrogen and oxygen atoms in total. The van der Waals surface area contributed by atoms with Crippen LogP contribution in [0.5, 0.6) is 0 Å². The summed E-state index contributed by atoms with van der Waals surface area (Å²) in [5.41, 5.74) is 0. The number of hydrogen-bond acceptors (Lipinski definition) is 2. The van der Waals surface area contributed by atoms with Crippen molar-refractivity contribution < 1.29 is 4.74 Å². The number of ether oxygens (including phenoxy) is 1. The first-order valence-electron chi connectivity index (χ1n) is 6.66. The Labute approximate surface area is 100 Å². The summed E-state index contributed by atoms with van der Waals surface area (Å²) in [5, 5.41) is 3.62. The number of nitrogens with one attached hydrogen (secondary N) is 1. The van der Waals surface area contributed by atoms with Crippen molar-refractivity contribution in [1.29, 1.82) is 0 Å². The molecule has 0 heterocycles. The van der Waals surface area contributed by atoms with Gasteiger partial charge in [0.1, 0.15) is 0 Å². The molecule has 0 aliphatic heterocycles. The van der Waals surface area contributed by atoms with Gasteiger partial charge < -0.3 is 10.1 Å². The van der Waals surface area contributed by atoms with Crippen LogP contribution in [0.2, 0.25) is 0 Å². The van der Waals surface area contributed by atoms with Gasteiger partial charge in [-0.15, -0.1) is 6.58 Å². The summed E-state index contributed by atoms with van der Waals surface area (Å²) in [5.74, 6) is 1.73. The van der Waals surface area contributed by atoms with Gasteiger partial charge in [0, 0.05) is 12.6 Å². The Morgan fingerprint density at radius 1 is 1.31 bits per heavy atom. The molecule has 0 aromatic rings. The highest BCUT2D eigenvalue weighted by molar-refractivity contribution is 4.80. The Hall–Kier alpha value is -0.340. The van der Waals surface area contributed by atoms with E-state index in [4.69, 9.17) is 4.74 Å². The molecule has 0 bridgehead atoms. The quantitative estimate of drug-likeness (QED) is 0.531. The summed E-state index contributed by atoms with van der Waals surface area (Å²) < 4.78 is 5.49. The Morgan fingerprint density at radius 3 is 2.81 bits per heavy atom. The van der Waals surface area contributed by atoms with E-state index in [1.165, 1.54) is 19.3 Å². The lowest BCUT2D eigenvalue weighted by molar-refractivity contribution is 0.130. The first-order chi connectivity index (χ1) is 7.74. The zero-order chi connectivity index (χ0) is 11.8. The topological polar surface area (TPSA) is 21.3 Å². The summed E-state index contributed by atoms with van der Waals surface area (Å²) in [7, 11) is 0. The largest absolute Gasteiger partial charge is 0.380 e. The predicted octanol–water partition coefficient (Wildman–Crippen LogP) is 2.99. The van der Waals surface area contributed by atoms with Crippen molar-refractivity contribution in [3.63, 3.8) is 0 Å². The van der Waals surface area contributed by atoms with Crippen LogP contribution in [0.3, 0.4) is 0 Å². The summed E-state index contributed by atoms with van der Waals surface area (Å²) in [6, 6.07) is 0.708. The molecule has 2 heteroatoms. The molecule has 0 amide bonds. The van der Waals surface area contributed by atoms with Gasteiger partial charge in [0.15, 0.2) is 0 Å². The average Bonchev–Trinajstić information content (AvgIpc) is 2.26. The molecule has 94 valence electrons. The zero-order valence-electron chi connectivity index (χ0n) is 10.9. The standard InChI is InChI=1S/C14H27NO/c1-4-5-9-16-10-8-15-14-7-6-12(2)11-13(14)3/h4,12-15H,1,5-11H2,2-3H3. The van der Waals surface area contributed by atoms with Gasteiger partial charge in [-0.3, -0.25) is 0 Å². The fraction of sp³-hybridized carbons (Fsp3) is 0.857. The van der Waals surface area contributed by atoms with Crippen LogP contribution >= 0.6 is 0 Å². The van der Waals surface area contributed by atoms with Crippen molar-refractivity contribution in [3.8, 4) is 0 Å². The highest BCUT2D eigenvalue weighted by atomic mass is 16.5. The monoisotopic (exact) mass is 225 g/mol. The van der Waals surface area contributed by atoms with Crippen molar-refractivity contribution in [2.45, 2.75) is 45.6 Å². The van der Waals surface area contributed by atoms with Gasteiger partial charge in [-0.1, -0.05) is 19.9 Å². The van der Waals surface area contributed by atoms with Crippen LogP contribution in [0.15, 0.2) is 12.7 Å². The van der Waals surface area contributed by atoms with Crippen molar-refractivity contribution in [2.24, 2.45) is 11.8 Å². The van der Waals surface area contributed by atoms with Crippen LogP contribution in [-0.2, 0) is 4.74 Å². The molecule has 1 saturated carbocycles. The lowest BCUT2D eigenvalue weighted by Crippen LogP contribution is -2.40. The van der Waals surface area contributed by atoms with E-state index in [0.29, 0.717) is 6.04 Å². The van der Waals surface area contributed by atoms with Crippen molar-refractivity contribution in [3.05, 3.63) is 12.7 Å². The fourth-order valence-corrected chi connectivity index (χ4v) is 2.55. The first kappa shape index (κ1) is 13.7. The van der Waals surface area contributed by atoms with Gasteiger partial charge in [-0.25, -0.2) is 0 Å². The molecule has 0 aromatic heterocycles. The Kier molecular flexibility index (Phi) is 6.74. The van der Waals surface area contributed by atoms with Gasteiger partial charge >= 0.3 is 0 Å². The normalized spacial score (nSPS) is 30.2. The third-order valence-electron chi connectivity index (χ3n) is 3.55. The summed E-state index contributed by atoms with van der Waals surface area (Å²) in [6.45, 7) is 11.0. The maximum absolute atomic E-state index is 5.49. The lowest BCUT2D eigenvalue weighted by Gasteiger charge is -2.33. The van der Waals surface area contributed by atoms with Gasteiger partial charge in [-0.05, 0) is 37.5 Å². The second-order valence-corrected chi connectivity index (χ2v) is 5.15. The molecule has 3 atom stereocenters. The molecule has 0 saturated heterocycles. The van der Waals surface area contributed by atoms with Crippen molar-refractivity contribution in [1.82, 2.24) is 5.32 Å². The molecular weight excluding hydrogens is 198 g/mol. The molecule has 1 aliphatic rings. The van der Waals surface area contributed by atoms with E-state index in [2.05, 4.69) is 25.7 Å². The molecule has 1 rings (SSSR count). The lowest BCUT2D eigenvalue weighted by atomic mass is 9.80. The highest BCUT2D eigenvalue weighted by Crippen LogP contribution is 2.28. The molecule has 16 heavy (non-hydrogen) atoms. The second-order valence-electron chi connectivity index (χ2n) is 5.15. The number of rotatable bonds is 7. The maximum atomic E-state index is 5.49. The van der Waals surface area contributed by atoms with Gasteiger partial charge in [0.25, 0.3) is 0 Å². The third kappa shape index (κ3) is 5.13. The minimum Gasteiger partial charge on any atom is -0.380 e. The fourth-order valence-electron chi connectivity index (χ4n) is 2.55. The average molecular weight is 225 g/mol. The third-order valence-corrected chi connectivity index (χ3v) is 3.55. The predicted molar refractivity (Wildman–Crippen MR) is 69.6 cm³/mol. The van der Waals surface area contributed by atoms with Crippen LogP contribution in [0.1, 0.15) is 39.5 Å². The SMILES string of the molecule is C=CCCOCCNC1CCC(C)CC1C. The smallest absolute Gasteiger partial charge is 0.0591 e. The van der Waals surface area contributed by atoms with E-state index in [0.717, 1.165) is 38.0 Å². The second kappa shape index (κ2) is 7.86. The van der Waals surface area contributed by atoms with Crippen LogP contribution < -0.4 is 5.32 Å². The van der Waals surface area contributed by atoms with Crippen LogP contribution in [0, 0.1) is 11.8 Å². The van der Waals surface area contributed by atoms with Crippen LogP contribution in [-0.4, -0.2) is 25.8 Å². The Bertz CT molecular complexity index is 193. The van der Waals surface area contributed by atoms with E-state index in [-0.39, 0.29) is 0 Å². The number of hydrogen-bond donors (Lipinski definition) is 1. The summed E-state index contributed by atoms with van der Waals surface area (Å²) in [6.07, 6.45) is 6.93. The van der Waals surface area contributed by atoms with E-state index < -0.39 is 0 Å². The van der Waals surface area contributed by atoms with E-state index in [1.54, 1.807) is 0 Å². The molecular formula is C14H27NO. The molecule has 3 unspecified atom stereocenters. The molecule has 1 N–H and O–H groups in total.